The number of ether oxygens (including phenoxy) is 3. The molecule has 2 aliphatic heterocycles. The Kier molecular flexibility index (Phi) is 5.94. The largest absolute Gasteiger partial charge is 0.486 e. The molecular formula is C21H25N3O4. The second kappa shape index (κ2) is 8.95. The fraction of sp³-hybridized carbons (Fsp3) is 0.381. The number of nitrogens with one attached hydrogen (secondary N) is 1. The Morgan fingerprint density at radius 3 is 2.54 bits per heavy atom. The minimum absolute atomic E-state index is 0.246. The van der Waals surface area contributed by atoms with Gasteiger partial charge in [-0.05, 0) is 36.1 Å². The topological polar surface area (TPSA) is 63.3 Å². The predicted octanol–water partition coefficient (Wildman–Crippen LogP) is 3.11. The van der Waals surface area contributed by atoms with Gasteiger partial charge in [0, 0.05) is 19.6 Å². The molecule has 28 heavy (non-hydrogen) atoms. The van der Waals surface area contributed by atoms with E-state index in [0.717, 1.165) is 48.6 Å². The molecule has 148 valence electrons. The molecule has 7 heteroatoms. The van der Waals surface area contributed by atoms with Crippen molar-refractivity contribution in [1.29, 1.82) is 0 Å². The lowest BCUT2D eigenvalue weighted by molar-refractivity contribution is -0.0474. The third kappa shape index (κ3) is 4.55. The molecule has 0 saturated carbocycles. The molecule has 2 aromatic carbocycles. The molecule has 0 unspecified atom stereocenters. The first-order valence-electron chi connectivity index (χ1n) is 9.67. The van der Waals surface area contributed by atoms with Gasteiger partial charge in [0.25, 0.3) is 0 Å². The van der Waals surface area contributed by atoms with E-state index in [-0.39, 0.29) is 6.61 Å². The summed E-state index contributed by atoms with van der Waals surface area (Å²) in [7, 11) is 0. The van der Waals surface area contributed by atoms with Gasteiger partial charge >= 0.3 is 6.09 Å². The highest BCUT2D eigenvalue weighted by Crippen LogP contribution is 2.30. The molecule has 0 aromatic heterocycles. The van der Waals surface area contributed by atoms with Gasteiger partial charge in [-0.3, -0.25) is 0 Å². The van der Waals surface area contributed by atoms with Crippen LogP contribution in [0.4, 0.5) is 4.79 Å². The summed E-state index contributed by atoms with van der Waals surface area (Å²) in [4.78, 5) is 12.7. The van der Waals surface area contributed by atoms with Crippen LogP contribution in [0.3, 0.4) is 0 Å². The van der Waals surface area contributed by atoms with E-state index < -0.39 is 6.09 Å². The molecule has 0 atom stereocenters. The van der Waals surface area contributed by atoms with Crippen LogP contribution < -0.4 is 14.9 Å². The van der Waals surface area contributed by atoms with E-state index in [9.17, 15) is 4.79 Å². The summed E-state index contributed by atoms with van der Waals surface area (Å²) in [6.07, 6.45) is 1.73. The van der Waals surface area contributed by atoms with E-state index in [1.54, 1.807) is 0 Å². The molecule has 1 amide bonds. The summed E-state index contributed by atoms with van der Waals surface area (Å²) < 4.78 is 16.7. The maximum absolute atomic E-state index is 12.7. The Bertz CT molecular complexity index is 793. The molecule has 1 saturated heterocycles. The fourth-order valence-corrected chi connectivity index (χ4v) is 3.32. The summed E-state index contributed by atoms with van der Waals surface area (Å²) in [6.45, 7) is 3.50. The second-order valence-corrected chi connectivity index (χ2v) is 6.83. The zero-order valence-electron chi connectivity index (χ0n) is 15.8. The lowest BCUT2D eigenvalue weighted by Crippen LogP contribution is -2.53. The van der Waals surface area contributed by atoms with Gasteiger partial charge in [0.05, 0.1) is 0 Å². The minimum atomic E-state index is -0.400. The first-order valence-corrected chi connectivity index (χ1v) is 9.67. The van der Waals surface area contributed by atoms with Crippen LogP contribution in [0.5, 0.6) is 11.5 Å². The molecule has 1 fully saturated rings. The lowest BCUT2D eigenvalue weighted by atomic mass is 10.2. The lowest BCUT2D eigenvalue weighted by Gasteiger charge is -2.31. The van der Waals surface area contributed by atoms with Crippen molar-refractivity contribution in [2.24, 2.45) is 0 Å². The highest BCUT2D eigenvalue weighted by Gasteiger charge is 2.26. The van der Waals surface area contributed by atoms with Crippen molar-refractivity contribution in [3.8, 4) is 11.5 Å². The van der Waals surface area contributed by atoms with Crippen molar-refractivity contribution < 1.29 is 19.0 Å². The highest BCUT2D eigenvalue weighted by atomic mass is 16.6. The molecule has 2 heterocycles. The van der Waals surface area contributed by atoms with Gasteiger partial charge in [-0.15, -0.1) is 0 Å². The van der Waals surface area contributed by atoms with Crippen LogP contribution >= 0.6 is 0 Å². The first kappa shape index (κ1) is 18.6. The molecule has 0 bridgehead atoms. The molecule has 1 N–H and O–H groups in total. The molecule has 0 radical (unpaired) electrons. The van der Waals surface area contributed by atoms with Gasteiger partial charge in [-0.2, -0.15) is 5.12 Å². The number of hydrogen-bond donors (Lipinski definition) is 1. The van der Waals surface area contributed by atoms with Gasteiger partial charge in [0.15, 0.2) is 11.5 Å². The smallest absolute Gasteiger partial charge is 0.440 e. The van der Waals surface area contributed by atoms with Crippen molar-refractivity contribution in [2.45, 2.75) is 26.0 Å². The van der Waals surface area contributed by atoms with Crippen LogP contribution in [0.25, 0.3) is 0 Å². The van der Waals surface area contributed by atoms with Crippen LogP contribution in [0.1, 0.15) is 24.0 Å². The Balaban J connectivity index is 1.39. The van der Waals surface area contributed by atoms with Crippen LogP contribution in [0.15, 0.2) is 48.5 Å². The van der Waals surface area contributed by atoms with E-state index in [1.807, 2.05) is 53.5 Å². The van der Waals surface area contributed by atoms with Gasteiger partial charge in [-0.1, -0.05) is 36.4 Å². The molecule has 0 aliphatic carbocycles. The molecule has 4 rings (SSSR count). The number of carbonyl (C=O) groups is 1. The summed E-state index contributed by atoms with van der Waals surface area (Å²) in [5, 5.41) is 3.50. The number of nitrogens with zero attached hydrogens (tertiary/aromatic N) is 2. The number of carbonyl (C=O) groups excluding carboxylic acids is 1. The van der Waals surface area contributed by atoms with E-state index in [2.05, 4.69) is 5.43 Å². The molecule has 2 aliphatic rings. The van der Waals surface area contributed by atoms with Crippen molar-refractivity contribution >= 4 is 6.09 Å². The van der Waals surface area contributed by atoms with Crippen LogP contribution in [-0.4, -0.2) is 42.5 Å². The summed E-state index contributed by atoms with van der Waals surface area (Å²) in [6, 6.07) is 15.5. The molecule has 7 nitrogen and oxygen atoms in total. The molecular weight excluding hydrogens is 358 g/mol. The zero-order valence-corrected chi connectivity index (χ0v) is 15.8. The van der Waals surface area contributed by atoms with Crippen LogP contribution in [0, 0.1) is 0 Å². The summed E-state index contributed by atoms with van der Waals surface area (Å²) in [5.41, 5.74) is 5.18. The standard InChI is InChI=1S/C21H25N3O4/c25-21(28-16-17-6-2-1-3-7-17)24(23-10-4-5-11-23)22-15-18-8-9-19-20(14-18)27-13-12-26-19/h1-3,6-9,14,22H,4-5,10-13,15-16H2. The van der Waals surface area contributed by atoms with Crippen molar-refractivity contribution in [2.75, 3.05) is 26.3 Å². The maximum Gasteiger partial charge on any atom is 0.440 e. The molecule has 0 spiro atoms. The normalized spacial score (nSPS) is 16.0. The van der Waals surface area contributed by atoms with Crippen LogP contribution in [0.2, 0.25) is 0 Å². The van der Waals surface area contributed by atoms with Gasteiger partial charge in [0.1, 0.15) is 19.8 Å². The van der Waals surface area contributed by atoms with Gasteiger partial charge in [-0.25, -0.2) is 15.2 Å². The number of rotatable bonds is 6. The number of hydrogen-bond acceptors (Lipinski definition) is 6. The van der Waals surface area contributed by atoms with E-state index in [1.165, 1.54) is 5.12 Å². The minimum Gasteiger partial charge on any atom is -0.486 e. The van der Waals surface area contributed by atoms with Gasteiger partial charge < -0.3 is 14.2 Å². The fourth-order valence-electron chi connectivity index (χ4n) is 3.32. The van der Waals surface area contributed by atoms with Crippen molar-refractivity contribution in [1.82, 2.24) is 15.6 Å². The summed E-state index contributed by atoms with van der Waals surface area (Å²) >= 11 is 0. The number of amides is 1. The summed E-state index contributed by atoms with van der Waals surface area (Å²) in [5.74, 6) is 1.50. The highest BCUT2D eigenvalue weighted by molar-refractivity contribution is 5.66. The average Bonchev–Trinajstić information content (AvgIpc) is 3.27. The first-order chi connectivity index (χ1) is 13.8. The predicted molar refractivity (Wildman–Crippen MR) is 104 cm³/mol. The SMILES string of the molecule is O=C(OCc1ccccc1)N(NCc1ccc2c(c1)OCCO2)N1CCCC1. The van der Waals surface area contributed by atoms with E-state index in [4.69, 9.17) is 14.2 Å². The third-order valence-corrected chi connectivity index (χ3v) is 4.78. The van der Waals surface area contributed by atoms with Crippen molar-refractivity contribution in [3.63, 3.8) is 0 Å². The number of hydrazine groups is 2. The third-order valence-electron chi connectivity index (χ3n) is 4.78. The van der Waals surface area contributed by atoms with Crippen LogP contribution in [-0.2, 0) is 17.9 Å². The molecule has 2 aromatic rings. The van der Waals surface area contributed by atoms with E-state index in [0.29, 0.717) is 19.8 Å². The zero-order chi connectivity index (χ0) is 19.2. The number of fused-ring (bicyclic) bond motifs is 1. The Morgan fingerprint density at radius 1 is 1.00 bits per heavy atom. The van der Waals surface area contributed by atoms with Crippen molar-refractivity contribution in [3.05, 3.63) is 59.7 Å². The monoisotopic (exact) mass is 383 g/mol. The Hall–Kier alpha value is -2.77. The Morgan fingerprint density at radius 2 is 1.75 bits per heavy atom. The van der Waals surface area contributed by atoms with Gasteiger partial charge in [0.2, 0.25) is 0 Å². The quantitative estimate of drug-likeness (QED) is 0.774. The average molecular weight is 383 g/mol. The van der Waals surface area contributed by atoms with E-state index >= 15 is 0 Å². The number of benzene rings is 2. The second-order valence-electron chi connectivity index (χ2n) is 6.83. The Labute approximate surface area is 164 Å². The maximum atomic E-state index is 12.7.